The molecule has 3 nitrogen and oxygen atoms in total. The van der Waals surface area contributed by atoms with Crippen molar-refractivity contribution in [3.63, 3.8) is 0 Å². The van der Waals surface area contributed by atoms with Crippen LogP contribution in [0.25, 0.3) is 0 Å². The normalized spacial score (nSPS) is 12.0. The Labute approximate surface area is 101 Å². The van der Waals surface area contributed by atoms with Gasteiger partial charge in [0.25, 0.3) is 5.91 Å². The summed E-state index contributed by atoms with van der Waals surface area (Å²) in [6, 6.07) is 7.47. The van der Waals surface area contributed by atoms with Gasteiger partial charge in [-0.1, -0.05) is 6.07 Å². The average Bonchev–Trinajstić information content (AvgIpc) is 2.28. The van der Waals surface area contributed by atoms with Gasteiger partial charge in [0.2, 0.25) is 0 Å². The van der Waals surface area contributed by atoms with Crippen molar-refractivity contribution in [3.05, 3.63) is 29.8 Å². The molecule has 88 valence electrons. The van der Waals surface area contributed by atoms with E-state index < -0.39 is 0 Å². The molecule has 0 saturated carbocycles. The predicted molar refractivity (Wildman–Crippen MR) is 68.4 cm³/mol. The lowest BCUT2D eigenvalue weighted by Gasteiger charge is -2.14. The van der Waals surface area contributed by atoms with Gasteiger partial charge in [0, 0.05) is 37.3 Å². The number of anilines is 1. The predicted octanol–water partition coefficient (Wildman–Crippen LogP) is 2.11. The van der Waals surface area contributed by atoms with Crippen molar-refractivity contribution in [1.82, 2.24) is 5.32 Å². The number of alkyl halides is 1. The minimum absolute atomic E-state index is 0.0165. The molecule has 4 heteroatoms. The smallest absolute Gasteiger partial charge is 0.251 e. The van der Waals surface area contributed by atoms with Gasteiger partial charge in [0.1, 0.15) is 0 Å². The second kappa shape index (κ2) is 5.75. The van der Waals surface area contributed by atoms with E-state index in [1.807, 2.05) is 44.1 Å². The first-order valence-corrected chi connectivity index (χ1v) is 5.72. The highest BCUT2D eigenvalue weighted by molar-refractivity contribution is 6.18. The molecule has 1 N–H and O–H groups in total. The van der Waals surface area contributed by atoms with E-state index in [-0.39, 0.29) is 11.9 Å². The van der Waals surface area contributed by atoms with Gasteiger partial charge in [-0.15, -0.1) is 11.6 Å². The van der Waals surface area contributed by atoms with Crippen LogP contribution in [0.15, 0.2) is 24.3 Å². The number of rotatable bonds is 4. The fraction of sp³-hybridized carbons (Fsp3) is 0.417. The summed E-state index contributed by atoms with van der Waals surface area (Å²) in [5, 5.41) is 2.82. The Morgan fingerprint density at radius 1 is 1.50 bits per heavy atom. The summed E-state index contributed by atoms with van der Waals surface area (Å²) >= 11 is 5.64. The Morgan fingerprint density at radius 2 is 2.19 bits per heavy atom. The van der Waals surface area contributed by atoms with Crippen molar-refractivity contribution in [1.29, 1.82) is 0 Å². The number of carbonyl (C=O) groups is 1. The molecular weight excluding hydrogens is 224 g/mol. The highest BCUT2D eigenvalue weighted by Crippen LogP contribution is 2.13. The van der Waals surface area contributed by atoms with E-state index in [1.54, 1.807) is 6.07 Å². The van der Waals surface area contributed by atoms with Crippen LogP contribution in [0.3, 0.4) is 0 Å². The topological polar surface area (TPSA) is 32.3 Å². The van der Waals surface area contributed by atoms with Crippen LogP contribution < -0.4 is 10.2 Å². The van der Waals surface area contributed by atoms with Crippen LogP contribution in [0, 0.1) is 0 Å². The van der Waals surface area contributed by atoms with Gasteiger partial charge in [-0.3, -0.25) is 4.79 Å². The van der Waals surface area contributed by atoms with Crippen molar-refractivity contribution in [3.8, 4) is 0 Å². The standard InChI is InChI=1S/C12H17ClN2O/c1-9(8-13)14-12(16)10-5-4-6-11(7-10)15(2)3/h4-7,9H,8H2,1-3H3,(H,14,16). The summed E-state index contributed by atoms with van der Waals surface area (Å²) in [4.78, 5) is 13.8. The summed E-state index contributed by atoms with van der Waals surface area (Å²) in [6.07, 6.45) is 0. The molecule has 1 rings (SSSR count). The Bertz CT molecular complexity index is 366. The van der Waals surface area contributed by atoms with Crippen LogP contribution in [0.5, 0.6) is 0 Å². The molecule has 0 saturated heterocycles. The van der Waals surface area contributed by atoms with E-state index in [1.165, 1.54) is 0 Å². The third kappa shape index (κ3) is 3.42. The average molecular weight is 241 g/mol. The van der Waals surface area contributed by atoms with E-state index in [0.717, 1.165) is 5.69 Å². The second-order valence-corrected chi connectivity index (χ2v) is 4.28. The van der Waals surface area contributed by atoms with Gasteiger partial charge >= 0.3 is 0 Å². The molecule has 0 fully saturated rings. The van der Waals surface area contributed by atoms with Crippen LogP contribution in [0.1, 0.15) is 17.3 Å². The maximum atomic E-state index is 11.8. The largest absolute Gasteiger partial charge is 0.378 e. The van der Waals surface area contributed by atoms with E-state index in [9.17, 15) is 4.79 Å². The van der Waals surface area contributed by atoms with Crippen molar-refractivity contribution >= 4 is 23.2 Å². The first-order chi connectivity index (χ1) is 7.54. The number of nitrogens with one attached hydrogen (secondary N) is 1. The second-order valence-electron chi connectivity index (χ2n) is 3.97. The van der Waals surface area contributed by atoms with Crippen molar-refractivity contribution in [2.75, 3.05) is 24.9 Å². The fourth-order valence-corrected chi connectivity index (χ4v) is 1.35. The summed E-state index contributed by atoms with van der Waals surface area (Å²) < 4.78 is 0. The van der Waals surface area contributed by atoms with Crippen LogP contribution in [-0.4, -0.2) is 31.9 Å². The van der Waals surface area contributed by atoms with Crippen LogP contribution in [0.4, 0.5) is 5.69 Å². The van der Waals surface area contributed by atoms with Gasteiger partial charge in [-0.2, -0.15) is 0 Å². The van der Waals surface area contributed by atoms with Gasteiger partial charge in [-0.05, 0) is 25.1 Å². The highest BCUT2D eigenvalue weighted by atomic mass is 35.5. The number of amides is 1. The van der Waals surface area contributed by atoms with Gasteiger partial charge < -0.3 is 10.2 Å². The number of benzene rings is 1. The minimum atomic E-state index is -0.0862. The van der Waals surface area contributed by atoms with Crippen molar-refractivity contribution in [2.45, 2.75) is 13.0 Å². The number of nitrogens with zero attached hydrogens (tertiary/aromatic N) is 1. The highest BCUT2D eigenvalue weighted by Gasteiger charge is 2.09. The monoisotopic (exact) mass is 240 g/mol. The number of carbonyl (C=O) groups excluding carboxylic acids is 1. The zero-order valence-corrected chi connectivity index (χ0v) is 10.6. The lowest BCUT2D eigenvalue weighted by atomic mass is 10.1. The molecule has 16 heavy (non-hydrogen) atoms. The van der Waals surface area contributed by atoms with E-state index in [2.05, 4.69) is 5.32 Å². The van der Waals surface area contributed by atoms with Crippen LogP contribution in [-0.2, 0) is 0 Å². The van der Waals surface area contributed by atoms with Crippen LogP contribution in [0.2, 0.25) is 0 Å². The van der Waals surface area contributed by atoms with E-state index in [4.69, 9.17) is 11.6 Å². The molecule has 0 aliphatic heterocycles. The van der Waals surface area contributed by atoms with Gasteiger partial charge in [0.05, 0.1) is 0 Å². The van der Waals surface area contributed by atoms with E-state index in [0.29, 0.717) is 11.4 Å². The molecule has 1 amide bonds. The third-order valence-electron chi connectivity index (χ3n) is 2.23. The van der Waals surface area contributed by atoms with Crippen molar-refractivity contribution in [2.24, 2.45) is 0 Å². The molecule has 1 aromatic carbocycles. The summed E-state index contributed by atoms with van der Waals surface area (Å²) in [7, 11) is 3.89. The zero-order chi connectivity index (χ0) is 12.1. The Morgan fingerprint density at radius 3 is 2.75 bits per heavy atom. The number of hydrogen-bond donors (Lipinski definition) is 1. The summed E-state index contributed by atoms with van der Waals surface area (Å²) in [6.45, 7) is 1.88. The van der Waals surface area contributed by atoms with Gasteiger partial charge in [-0.25, -0.2) is 0 Å². The SMILES string of the molecule is CC(CCl)NC(=O)c1cccc(N(C)C)c1. The number of hydrogen-bond acceptors (Lipinski definition) is 2. The lowest BCUT2D eigenvalue weighted by Crippen LogP contribution is -2.33. The van der Waals surface area contributed by atoms with Gasteiger partial charge in [0.15, 0.2) is 0 Å². The fourth-order valence-electron chi connectivity index (χ4n) is 1.27. The maximum absolute atomic E-state index is 11.8. The summed E-state index contributed by atoms with van der Waals surface area (Å²) in [5.41, 5.74) is 1.66. The quantitative estimate of drug-likeness (QED) is 0.818. The third-order valence-corrected chi connectivity index (χ3v) is 2.70. The Kier molecular flexibility index (Phi) is 4.62. The number of halogens is 1. The van der Waals surface area contributed by atoms with Crippen LogP contribution >= 0.6 is 11.6 Å². The molecule has 1 unspecified atom stereocenters. The Balaban J connectivity index is 2.79. The molecular formula is C12H17ClN2O. The molecule has 0 radical (unpaired) electrons. The first kappa shape index (κ1) is 12.8. The molecule has 0 heterocycles. The minimum Gasteiger partial charge on any atom is -0.378 e. The Hall–Kier alpha value is -1.22. The molecule has 1 aromatic rings. The van der Waals surface area contributed by atoms with Crippen molar-refractivity contribution < 1.29 is 4.79 Å². The molecule has 0 bridgehead atoms. The molecule has 0 spiro atoms. The maximum Gasteiger partial charge on any atom is 0.251 e. The lowest BCUT2D eigenvalue weighted by molar-refractivity contribution is 0.0943. The summed E-state index contributed by atoms with van der Waals surface area (Å²) in [5.74, 6) is 0.330. The molecule has 0 aromatic heterocycles. The molecule has 0 aliphatic rings. The first-order valence-electron chi connectivity index (χ1n) is 5.19. The molecule has 1 atom stereocenters. The van der Waals surface area contributed by atoms with E-state index >= 15 is 0 Å². The molecule has 0 aliphatic carbocycles. The zero-order valence-electron chi connectivity index (χ0n) is 9.83.